The van der Waals surface area contributed by atoms with Gasteiger partial charge in [0.15, 0.2) is 5.82 Å². The Labute approximate surface area is 138 Å². The Bertz CT molecular complexity index is 841. The molecule has 2 N–H and O–H groups in total. The second-order valence-corrected chi connectivity index (χ2v) is 5.85. The van der Waals surface area contributed by atoms with Crippen LogP contribution in [0.15, 0.2) is 53.4 Å². The fourth-order valence-electron chi connectivity index (χ4n) is 2.55. The van der Waals surface area contributed by atoms with Crippen molar-refractivity contribution in [3.8, 4) is 0 Å². The third-order valence-electron chi connectivity index (χ3n) is 3.67. The van der Waals surface area contributed by atoms with Crippen LogP contribution in [0.2, 0.25) is 5.02 Å². The van der Waals surface area contributed by atoms with E-state index in [2.05, 4.69) is 49.9 Å². The van der Waals surface area contributed by atoms with Gasteiger partial charge in [-0.1, -0.05) is 35.9 Å². The predicted octanol–water partition coefficient (Wildman–Crippen LogP) is 4.24. The topological polar surface area (TPSA) is 62.2 Å². The Morgan fingerprint density at radius 1 is 1.22 bits per heavy atom. The van der Waals surface area contributed by atoms with Gasteiger partial charge in [-0.15, -0.1) is 0 Å². The van der Waals surface area contributed by atoms with Crippen molar-refractivity contribution in [3.05, 3.63) is 59.0 Å². The van der Waals surface area contributed by atoms with E-state index in [0.717, 1.165) is 23.4 Å². The van der Waals surface area contributed by atoms with E-state index >= 15 is 0 Å². The third-order valence-corrected chi connectivity index (χ3v) is 3.94. The van der Waals surface area contributed by atoms with E-state index in [1.807, 2.05) is 18.3 Å². The van der Waals surface area contributed by atoms with Crippen LogP contribution in [-0.2, 0) is 0 Å². The van der Waals surface area contributed by atoms with E-state index < -0.39 is 0 Å². The molecule has 6 bridgehead atoms. The Balaban J connectivity index is 1.82. The molecule has 1 unspecified atom stereocenters. The molecule has 2 aliphatic rings. The highest BCUT2D eigenvalue weighted by atomic mass is 35.5. The molecule has 0 saturated heterocycles. The van der Waals surface area contributed by atoms with E-state index in [-0.39, 0.29) is 5.92 Å². The summed E-state index contributed by atoms with van der Waals surface area (Å²) in [5.41, 5.74) is 3.01. The maximum Gasteiger partial charge on any atom is 0.229 e. The quantitative estimate of drug-likeness (QED) is 0.761. The van der Waals surface area contributed by atoms with E-state index in [4.69, 9.17) is 11.6 Å². The first-order valence-electron chi connectivity index (χ1n) is 7.33. The highest BCUT2D eigenvalue weighted by Crippen LogP contribution is 2.27. The summed E-state index contributed by atoms with van der Waals surface area (Å²) in [6.07, 6.45) is 10.4. The van der Waals surface area contributed by atoms with Gasteiger partial charge in [-0.25, -0.2) is 4.98 Å². The lowest BCUT2D eigenvalue weighted by Crippen LogP contribution is -2.12. The summed E-state index contributed by atoms with van der Waals surface area (Å²) in [5, 5.41) is 6.93. The van der Waals surface area contributed by atoms with Crippen molar-refractivity contribution in [3.63, 3.8) is 0 Å². The average molecular weight is 324 g/mol. The molecule has 6 heteroatoms. The van der Waals surface area contributed by atoms with E-state index in [1.54, 1.807) is 12.4 Å². The first-order valence-corrected chi connectivity index (χ1v) is 7.71. The molecule has 114 valence electrons. The van der Waals surface area contributed by atoms with Crippen molar-refractivity contribution < 1.29 is 0 Å². The Kier molecular flexibility index (Phi) is 3.55. The van der Waals surface area contributed by atoms with Crippen LogP contribution in [0.3, 0.4) is 0 Å². The van der Waals surface area contributed by atoms with Crippen LogP contribution >= 0.6 is 11.6 Å². The number of fused-ring (bicyclic) bond motifs is 6. The lowest BCUT2D eigenvalue weighted by atomic mass is 10.0. The minimum atomic E-state index is 0.242. The number of halogens is 1. The molecule has 3 heterocycles. The standard InChI is InChI=1S/C17H14ClN5/c18-15-10-20-17-22-14-7-12(8-19-9-14)5-4-11-2-1-3-13(6-11)21-16(15)23-17/h1-6,8-10,12H,7H2,(H2,20,21,22,23)/b5-4-. The van der Waals surface area contributed by atoms with Crippen LogP contribution in [-0.4, -0.2) is 16.2 Å². The molecular weight excluding hydrogens is 310 g/mol. The predicted molar refractivity (Wildman–Crippen MR) is 94.1 cm³/mol. The summed E-state index contributed by atoms with van der Waals surface area (Å²) >= 11 is 6.20. The van der Waals surface area contributed by atoms with Gasteiger partial charge >= 0.3 is 0 Å². The molecule has 1 aromatic carbocycles. The number of hydrogen-bond acceptors (Lipinski definition) is 5. The summed E-state index contributed by atoms with van der Waals surface area (Å²) in [6, 6.07) is 8.08. The molecule has 1 atom stereocenters. The van der Waals surface area contributed by atoms with Crippen LogP contribution in [0.5, 0.6) is 0 Å². The maximum atomic E-state index is 6.20. The molecule has 0 amide bonds. The van der Waals surface area contributed by atoms with Gasteiger partial charge in [0.2, 0.25) is 5.95 Å². The molecule has 23 heavy (non-hydrogen) atoms. The number of benzene rings is 1. The van der Waals surface area contributed by atoms with Gasteiger partial charge in [0.25, 0.3) is 0 Å². The third kappa shape index (κ3) is 3.10. The number of nitrogens with one attached hydrogen (secondary N) is 2. The zero-order valence-corrected chi connectivity index (χ0v) is 13.0. The first-order chi connectivity index (χ1) is 11.3. The van der Waals surface area contributed by atoms with Gasteiger partial charge in [-0.2, -0.15) is 4.98 Å². The van der Waals surface area contributed by atoms with Gasteiger partial charge in [0, 0.05) is 36.1 Å². The fourth-order valence-corrected chi connectivity index (χ4v) is 2.69. The number of anilines is 3. The molecule has 0 radical (unpaired) electrons. The zero-order valence-electron chi connectivity index (χ0n) is 12.2. The molecule has 2 aromatic rings. The van der Waals surface area contributed by atoms with Crippen LogP contribution < -0.4 is 10.6 Å². The number of allylic oxidation sites excluding steroid dienone is 2. The Hall–Kier alpha value is -2.66. The monoisotopic (exact) mass is 323 g/mol. The molecule has 1 aromatic heterocycles. The SMILES string of the molecule is Clc1cnc2nc1Nc1cccc(c1)/C=C\C1C=NC=C(C1)N2. The number of rotatable bonds is 0. The average Bonchev–Trinajstić information content (AvgIpc) is 2.57. The second-order valence-electron chi connectivity index (χ2n) is 5.45. The van der Waals surface area contributed by atoms with E-state index in [9.17, 15) is 0 Å². The second kappa shape index (κ2) is 5.85. The summed E-state index contributed by atoms with van der Waals surface area (Å²) in [6.45, 7) is 0. The molecule has 5 nitrogen and oxygen atoms in total. The van der Waals surface area contributed by atoms with Crippen LogP contribution in [0.25, 0.3) is 6.08 Å². The van der Waals surface area contributed by atoms with Crippen LogP contribution in [0.4, 0.5) is 17.5 Å². The molecule has 2 aliphatic heterocycles. The number of nitrogens with zero attached hydrogens (tertiary/aromatic N) is 3. The molecule has 0 saturated carbocycles. The van der Waals surface area contributed by atoms with Crippen molar-refractivity contribution in [2.45, 2.75) is 6.42 Å². The molecule has 0 aliphatic carbocycles. The molecule has 0 fully saturated rings. The molecule has 4 rings (SSSR count). The summed E-state index contributed by atoms with van der Waals surface area (Å²) in [7, 11) is 0. The lowest BCUT2D eigenvalue weighted by Gasteiger charge is -2.16. The van der Waals surface area contributed by atoms with Crippen molar-refractivity contribution in [1.82, 2.24) is 9.97 Å². The highest BCUT2D eigenvalue weighted by Gasteiger charge is 2.13. The van der Waals surface area contributed by atoms with Gasteiger partial charge < -0.3 is 10.6 Å². The minimum Gasteiger partial charge on any atom is -0.339 e. The van der Waals surface area contributed by atoms with Gasteiger partial charge in [-0.05, 0) is 17.7 Å². The van der Waals surface area contributed by atoms with Crippen molar-refractivity contribution >= 4 is 41.3 Å². The van der Waals surface area contributed by atoms with Gasteiger partial charge in [0.05, 0.1) is 6.20 Å². The Morgan fingerprint density at radius 3 is 3.13 bits per heavy atom. The minimum absolute atomic E-state index is 0.242. The van der Waals surface area contributed by atoms with E-state index in [0.29, 0.717) is 16.8 Å². The van der Waals surface area contributed by atoms with E-state index in [1.165, 1.54) is 0 Å². The fraction of sp³-hybridized carbons (Fsp3) is 0.118. The van der Waals surface area contributed by atoms with Crippen molar-refractivity contribution in [2.24, 2.45) is 10.9 Å². The zero-order chi connectivity index (χ0) is 15.6. The normalized spacial score (nSPS) is 20.0. The number of aliphatic imine (C=N–C) groups is 1. The van der Waals surface area contributed by atoms with Crippen molar-refractivity contribution in [2.75, 3.05) is 10.6 Å². The summed E-state index contributed by atoms with van der Waals surface area (Å²) in [4.78, 5) is 13.0. The van der Waals surface area contributed by atoms with Gasteiger partial charge in [-0.3, -0.25) is 4.99 Å². The highest BCUT2D eigenvalue weighted by molar-refractivity contribution is 6.32. The molecule has 0 spiro atoms. The summed E-state index contributed by atoms with van der Waals surface area (Å²) < 4.78 is 0. The molecular formula is C17H14ClN5. The van der Waals surface area contributed by atoms with Crippen molar-refractivity contribution in [1.29, 1.82) is 0 Å². The van der Waals surface area contributed by atoms with Gasteiger partial charge in [0.1, 0.15) is 5.02 Å². The number of aromatic nitrogens is 2. The summed E-state index contributed by atoms with van der Waals surface area (Å²) in [5.74, 6) is 1.31. The smallest absolute Gasteiger partial charge is 0.229 e. The Morgan fingerprint density at radius 2 is 2.17 bits per heavy atom. The first kappa shape index (κ1) is 14.0. The number of hydrogen-bond donors (Lipinski definition) is 2. The van der Waals surface area contributed by atoms with Crippen LogP contribution in [0, 0.1) is 5.92 Å². The maximum absolute atomic E-state index is 6.20. The van der Waals surface area contributed by atoms with Crippen LogP contribution in [0.1, 0.15) is 12.0 Å². The lowest BCUT2D eigenvalue weighted by molar-refractivity contribution is 0.836. The largest absolute Gasteiger partial charge is 0.339 e.